The molecule has 0 aliphatic carbocycles. The molecule has 5 rings (SSSR count). The molecule has 0 amide bonds. The van der Waals surface area contributed by atoms with Crippen molar-refractivity contribution >= 4 is 39.6 Å². The molecule has 1 N–H and O–H groups in total. The van der Waals surface area contributed by atoms with Crippen molar-refractivity contribution in [2.75, 3.05) is 0 Å². The summed E-state index contributed by atoms with van der Waals surface area (Å²) in [4.78, 5) is 24.8. The second-order valence-electron chi connectivity index (χ2n) is 12.8. The van der Waals surface area contributed by atoms with Crippen molar-refractivity contribution in [1.82, 2.24) is 15.0 Å². The first-order chi connectivity index (χ1) is 19.4. The van der Waals surface area contributed by atoms with Crippen molar-refractivity contribution in [3.05, 3.63) is 65.5 Å². The number of benzene rings is 2. The van der Waals surface area contributed by atoms with E-state index in [1.165, 1.54) is 6.20 Å². The van der Waals surface area contributed by atoms with E-state index in [9.17, 15) is 13.2 Å². The number of hydrogen-bond donors (Lipinski definition) is 1. The third-order valence-electron chi connectivity index (χ3n) is 7.76. The van der Waals surface area contributed by atoms with Crippen LogP contribution in [0.4, 0.5) is 0 Å². The van der Waals surface area contributed by atoms with Gasteiger partial charge in [-0.3, -0.25) is 0 Å². The molecule has 0 atom stereocenters. The molecule has 1 saturated heterocycles. The van der Waals surface area contributed by atoms with Crippen molar-refractivity contribution in [3.8, 4) is 11.1 Å². The second kappa shape index (κ2) is 10.0. The Hall–Kier alpha value is -3.54. The molecule has 0 bridgehead atoms. The van der Waals surface area contributed by atoms with Gasteiger partial charge in [0.15, 0.2) is 10.7 Å². The van der Waals surface area contributed by atoms with Crippen LogP contribution < -0.4 is 5.46 Å². The summed E-state index contributed by atoms with van der Waals surface area (Å²) in [5.74, 6) is -0.408. The lowest BCUT2D eigenvalue weighted by atomic mass is 9.79. The lowest BCUT2D eigenvalue weighted by Crippen LogP contribution is -2.41. The third-order valence-corrected chi connectivity index (χ3v) is 9.44. The van der Waals surface area contributed by atoms with E-state index < -0.39 is 39.7 Å². The van der Waals surface area contributed by atoms with Gasteiger partial charge < -0.3 is 19.0 Å². The maximum absolute atomic E-state index is 14.1. The van der Waals surface area contributed by atoms with Crippen LogP contribution in [0.5, 0.6) is 0 Å². The first-order valence-electron chi connectivity index (χ1n) is 13.8. The summed E-state index contributed by atoms with van der Waals surface area (Å²) in [5, 5.41) is -0.193. The third kappa shape index (κ3) is 5.36. The Morgan fingerprint density at radius 3 is 2.29 bits per heavy atom. The van der Waals surface area contributed by atoms with Gasteiger partial charge in [-0.15, -0.1) is 0 Å². The van der Waals surface area contributed by atoms with Crippen LogP contribution in [-0.4, -0.2) is 53.3 Å². The molecule has 2 aromatic heterocycles. The van der Waals surface area contributed by atoms with Crippen LogP contribution in [0.1, 0.15) is 70.0 Å². The standard InChI is InChI=1S/C31H36BN3O6S/c1-18-10-13-23(32-40-30(6,7)31(8,9)41-32)24(14-18)42(37,38)25-17-34-27-26(35-25)22(16-33-27)20-11-12-21(19(2)15-20)28(36)39-29(3,4)5/h10-17H,1-9H3,(H,33,34). The molecule has 2 aromatic carbocycles. The lowest BCUT2D eigenvalue weighted by Gasteiger charge is -2.32. The number of carbonyl (C=O) groups is 1. The fraction of sp³-hybridized carbons (Fsp3) is 0.387. The number of esters is 1. The van der Waals surface area contributed by atoms with Gasteiger partial charge in [0.05, 0.1) is 27.9 Å². The number of ether oxygens (including phenoxy) is 1. The summed E-state index contributed by atoms with van der Waals surface area (Å²) < 4.78 is 46.2. The zero-order valence-electron chi connectivity index (χ0n) is 25.4. The number of aryl methyl sites for hydroxylation is 2. The van der Waals surface area contributed by atoms with Gasteiger partial charge in [0, 0.05) is 17.2 Å². The molecule has 1 aliphatic rings. The Morgan fingerprint density at radius 1 is 1.00 bits per heavy atom. The topological polar surface area (TPSA) is 120 Å². The minimum atomic E-state index is -4.12. The van der Waals surface area contributed by atoms with E-state index in [4.69, 9.17) is 14.0 Å². The molecule has 0 spiro atoms. The number of hydrogen-bond acceptors (Lipinski definition) is 8. The van der Waals surface area contributed by atoms with E-state index in [-0.39, 0.29) is 9.92 Å². The van der Waals surface area contributed by atoms with Gasteiger partial charge >= 0.3 is 13.1 Å². The highest BCUT2D eigenvalue weighted by molar-refractivity contribution is 7.91. The SMILES string of the molecule is Cc1ccc(B2OC(C)(C)C(C)(C)O2)c(S(=O)(=O)c2cnc3[nH]cc(-c4ccc(C(=O)OC(C)(C)C)c(C)c4)c3n2)c1. The largest absolute Gasteiger partial charge is 0.496 e. The summed E-state index contributed by atoms with van der Waals surface area (Å²) in [5.41, 5.74) is 2.70. The minimum Gasteiger partial charge on any atom is -0.456 e. The monoisotopic (exact) mass is 589 g/mol. The van der Waals surface area contributed by atoms with Crippen molar-refractivity contribution in [1.29, 1.82) is 0 Å². The molecule has 0 radical (unpaired) electrons. The van der Waals surface area contributed by atoms with Crippen LogP contribution in [0.15, 0.2) is 58.7 Å². The van der Waals surface area contributed by atoms with Gasteiger partial charge in [0.25, 0.3) is 0 Å². The number of H-pyrrole nitrogens is 1. The zero-order chi connectivity index (χ0) is 30.8. The van der Waals surface area contributed by atoms with E-state index >= 15 is 0 Å². The Labute approximate surface area is 247 Å². The number of sulfone groups is 1. The van der Waals surface area contributed by atoms with Crippen LogP contribution in [0.2, 0.25) is 0 Å². The van der Waals surface area contributed by atoms with Gasteiger partial charge in [-0.05, 0) is 91.1 Å². The molecule has 1 aliphatic heterocycles. The molecule has 11 heteroatoms. The van der Waals surface area contributed by atoms with Crippen LogP contribution in [0, 0.1) is 13.8 Å². The fourth-order valence-corrected chi connectivity index (χ4v) is 6.21. The Balaban J connectivity index is 1.56. The number of fused-ring (bicyclic) bond motifs is 1. The smallest absolute Gasteiger partial charge is 0.456 e. The van der Waals surface area contributed by atoms with E-state index in [1.54, 1.807) is 30.5 Å². The number of nitrogens with one attached hydrogen (secondary N) is 1. The van der Waals surface area contributed by atoms with Crippen molar-refractivity contribution in [3.63, 3.8) is 0 Å². The highest BCUT2D eigenvalue weighted by Gasteiger charge is 2.53. The van der Waals surface area contributed by atoms with Crippen molar-refractivity contribution in [2.45, 2.75) is 89.0 Å². The molecular formula is C31H36BN3O6S. The van der Waals surface area contributed by atoms with Crippen LogP contribution in [0.3, 0.4) is 0 Å². The summed E-state index contributed by atoms with van der Waals surface area (Å²) in [6, 6.07) is 10.5. The number of rotatable bonds is 5. The van der Waals surface area contributed by atoms with E-state index in [2.05, 4.69) is 15.0 Å². The first kappa shape index (κ1) is 29.9. The van der Waals surface area contributed by atoms with E-state index in [1.807, 2.05) is 74.4 Å². The molecule has 3 heterocycles. The average molecular weight is 590 g/mol. The summed E-state index contributed by atoms with van der Waals surface area (Å²) in [7, 11) is -4.99. The average Bonchev–Trinajstić information content (AvgIpc) is 3.39. The molecule has 0 saturated carbocycles. The highest BCUT2D eigenvalue weighted by Crippen LogP contribution is 2.37. The molecule has 0 unspecified atom stereocenters. The van der Waals surface area contributed by atoms with Crippen LogP contribution in [-0.2, 0) is 23.9 Å². The van der Waals surface area contributed by atoms with Gasteiger partial charge in [-0.25, -0.2) is 23.2 Å². The number of nitrogens with zero attached hydrogens (tertiary/aromatic N) is 2. The number of carbonyl (C=O) groups excluding carboxylic acids is 1. The Kier molecular flexibility index (Phi) is 7.15. The molecule has 4 aromatic rings. The van der Waals surface area contributed by atoms with Crippen molar-refractivity contribution in [2.24, 2.45) is 0 Å². The lowest BCUT2D eigenvalue weighted by molar-refractivity contribution is 0.00578. The number of aromatic amines is 1. The van der Waals surface area contributed by atoms with Crippen LogP contribution >= 0.6 is 0 Å². The Bertz CT molecular complexity index is 1810. The summed E-state index contributed by atoms with van der Waals surface area (Å²) in [6.07, 6.45) is 2.98. The Morgan fingerprint density at radius 2 is 1.67 bits per heavy atom. The molecule has 9 nitrogen and oxygen atoms in total. The summed E-state index contributed by atoms with van der Waals surface area (Å²) >= 11 is 0. The quantitative estimate of drug-likeness (QED) is 0.245. The zero-order valence-corrected chi connectivity index (χ0v) is 26.3. The minimum absolute atomic E-state index is 0.0595. The van der Waals surface area contributed by atoms with Gasteiger partial charge in [0.2, 0.25) is 9.84 Å². The molecule has 1 fully saturated rings. The van der Waals surface area contributed by atoms with Crippen LogP contribution in [0.25, 0.3) is 22.3 Å². The maximum atomic E-state index is 14.1. The molecule has 220 valence electrons. The van der Waals surface area contributed by atoms with E-state index in [0.717, 1.165) is 16.7 Å². The number of aromatic nitrogens is 3. The fourth-order valence-electron chi connectivity index (χ4n) is 4.77. The van der Waals surface area contributed by atoms with E-state index in [0.29, 0.717) is 27.8 Å². The highest BCUT2D eigenvalue weighted by atomic mass is 32.2. The van der Waals surface area contributed by atoms with Crippen molar-refractivity contribution < 1.29 is 27.3 Å². The van der Waals surface area contributed by atoms with Gasteiger partial charge in [-0.2, -0.15) is 0 Å². The molecule has 42 heavy (non-hydrogen) atoms. The van der Waals surface area contributed by atoms with Gasteiger partial charge in [-0.1, -0.05) is 24.3 Å². The predicted octanol–water partition coefficient (Wildman–Crippen LogP) is 5.33. The maximum Gasteiger partial charge on any atom is 0.496 e. The molecular weight excluding hydrogens is 553 g/mol. The first-order valence-corrected chi connectivity index (χ1v) is 15.3. The second-order valence-corrected chi connectivity index (χ2v) is 14.6. The normalized spacial score (nSPS) is 16.6. The summed E-state index contributed by atoms with van der Waals surface area (Å²) in [6.45, 7) is 16.8. The van der Waals surface area contributed by atoms with Gasteiger partial charge in [0.1, 0.15) is 11.1 Å². The predicted molar refractivity (Wildman–Crippen MR) is 162 cm³/mol.